The summed E-state index contributed by atoms with van der Waals surface area (Å²) in [6.45, 7) is 0.110. The van der Waals surface area contributed by atoms with Crippen LogP contribution in [0.4, 0.5) is 0 Å². The summed E-state index contributed by atoms with van der Waals surface area (Å²) < 4.78 is 24.0. The molecule has 0 bridgehead atoms. The Morgan fingerprint density at radius 1 is 1.54 bits per heavy atom. The molecule has 1 rings (SSSR count). The molecule has 0 aliphatic carbocycles. The van der Waals surface area contributed by atoms with Crippen LogP contribution in [0.25, 0.3) is 0 Å². The lowest BCUT2D eigenvalue weighted by Crippen LogP contribution is -2.25. The molecular formula is C6H11N3O3S. The largest absolute Gasteiger partial charge is 0.345 e. The summed E-state index contributed by atoms with van der Waals surface area (Å²) in [5, 5.41) is 3.72. The first-order chi connectivity index (χ1) is 5.90. The van der Waals surface area contributed by atoms with Gasteiger partial charge in [-0.3, -0.25) is 4.57 Å². The van der Waals surface area contributed by atoms with E-state index < -0.39 is 9.84 Å². The van der Waals surface area contributed by atoms with Gasteiger partial charge in [0.05, 0.1) is 12.3 Å². The summed E-state index contributed by atoms with van der Waals surface area (Å²) in [5.41, 5.74) is -0.302. The first-order valence-corrected chi connectivity index (χ1v) is 5.72. The van der Waals surface area contributed by atoms with Crippen molar-refractivity contribution in [3.8, 4) is 0 Å². The molecule has 7 heteroatoms. The number of sulfone groups is 1. The molecule has 0 N–H and O–H groups in total. The molecule has 0 saturated carbocycles. The Morgan fingerprint density at radius 3 is 2.54 bits per heavy atom. The average Bonchev–Trinajstić information content (AvgIpc) is 2.29. The van der Waals surface area contributed by atoms with Crippen LogP contribution in [-0.2, 0) is 23.4 Å². The van der Waals surface area contributed by atoms with E-state index in [0.29, 0.717) is 0 Å². The molecule has 1 aromatic heterocycles. The molecule has 0 aliphatic rings. The van der Waals surface area contributed by atoms with Crippen molar-refractivity contribution in [2.75, 3.05) is 12.0 Å². The van der Waals surface area contributed by atoms with Gasteiger partial charge in [-0.25, -0.2) is 17.9 Å². The summed E-state index contributed by atoms with van der Waals surface area (Å²) in [5.74, 6) is -0.0656. The Kier molecular flexibility index (Phi) is 2.55. The second-order valence-electron chi connectivity index (χ2n) is 2.88. The van der Waals surface area contributed by atoms with Crippen LogP contribution in [0.15, 0.2) is 11.1 Å². The van der Waals surface area contributed by atoms with Gasteiger partial charge in [-0.15, -0.1) is 0 Å². The average molecular weight is 205 g/mol. The van der Waals surface area contributed by atoms with E-state index in [1.54, 1.807) is 7.05 Å². The minimum Gasteiger partial charge on any atom is -0.285 e. The van der Waals surface area contributed by atoms with E-state index in [1.165, 1.54) is 10.9 Å². The molecule has 0 saturated heterocycles. The van der Waals surface area contributed by atoms with Crippen LogP contribution in [0.1, 0.15) is 0 Å². The van der Waals surface area contributed by atoms with Gasteiger partial charge in [-0.1, -0.05) is 0 Å². The minimum absolute atomic E-state index is 0.0656. The van der Waals surface area contributed by atoms with Crippen molar-refractivity contribution in [1.82, 2.24) is 14.3 Å². The van der Waals surface area contributed by atoms with Gasteiger partial charge in [-0.2, -0.15) is 5.10 Å². The van der Waals surface area contributed by atoms with Gasteiger partial charge in [0, 0.05) is 13.3 Å². The first kappa shape index (κ1) is 9.97. The molecule has 0 atom stereocenters. The van der Waals surface area contributed by atoms with Crippen molar-refractivity contribution in [3.63, 3.8) is 0 Å². The van der Waals surface area contributed by atoms with Crippen molar-refractivity contribution < 1.29 is 8.42 Å². The van der Waals surface area contributed by atoms with E-state index in [9.17, 15) is 13.2 Å². The Morgan fingerprint density at radius 2 is 2.15 bits per heavy atom. The quantitative estimate of drug-likeness (QED) is 0.610. The molecule has 0 fully saturated rings. The Labute approximate surface area is 75.7 Å². The van der Waals surface area contributed by atoms with Gasteiger partial charge < -0.3 is 0 Å². The maximum atomic E-state index is 11.2. The minimum atomic E-state index is -3.04. The van der Waals surface area contributed by atoms with Crippen LogP contribution in [0.5, 0.6) is 0 Å². The van der Waals surface area contributed by atoms with Crippen molar-refractivity contribution in [2.24, 2.45) is 7.05 Å². The van der Waals surface area contributed by atoms with Crippen LogP contribution in [0.3, 0.4) is 0 Å². The predicted octanol–water partition coefficient (Wildman–Crippen LogP) is -1.37. The Hall–Kier alpha value is -1.11. The topological polar surface area (TPSA) is 74.0 Å². The van der Waals surface area contributed by atoms with Crippen molar-refractivity contribution in [3.05, 3.63) is 16.8 Å². The molecule has 0 amide bonds. The normalized spacial score (nSPS) is 11.8. The molecule has 0 aliphatic heterocycles. The Balaban J connectivity index is 2.77. The molecular weight excluding hydrogens is 194 g/mol. The van der Waals surface area contributed by atoms with Gasteiger partial charge >= 0.3 is 5.69 Å². The fraction of sp³-hybridized carbons (Fsp3) is 0.667. The van der Waals surface area contributed by atoms with E-state index in [1.807, 2.05) is 0 Å². The van der Waals surface area contributed by atoms with Crippen molar-refractivity contribution in [1.29, 1.82) is 0 Å². The summed E-state index contributed by atoms with van der Waals surface area (Å²) in [7, 11) is -1.48. The van der Waals surface area contributed by atoms with Crippen molar-refractivity contribution in [2.45, 2.75) is 6.54 Å². The standard InChI is InChI=1S/C6H11N3O3S/c1-8-5-7-9(6(8)10)3-4-13(2,11)12/h5H,3-4H2,1-2H3. The van der Waals surface area contributed by atoms with E-state index in [-0.39, 0.29) is 18.0 Å². The van der Waals surface area contributed by atoms with E-state index in [0.717, 1.165) is 10.9 Å². The third-order valence-corrected chi connectivity index (χ3v) is 2.48. The number of hydrogen-bond acceptors (Lipinski definition) is 4. The first-order valence-electron chi connectivity index (χ1n) is 3.66. The van der Waals surface area contributed by atoms with Gasteiger partial charge in [0.25, 0.3) is 0 Å². The highest BCUT2D eigenvalue weighted by Crippen LogP contribution is 1.84. The zero-order chi connectivity index (χ0) is 10.1. The summed E-state index contributed by atoms with van der Waals surface area (Å²) >= 11 is 0. The lowest BCUT2D eigenvalue weighted by Gasteiger charge is -1.96. The Bertz CT molecular complexity index is 442. The van der Waals surface area contributed by atoms with Gasteiger partial charge in [0.15, 0.2) is 0 Å². The summed E-state index contributed by atoms with van der Waals surface area (Å²) in [6, 6.07) is 0. The maximum absolute atomic E-state index is 11.2. The molecule has 6 nitrogen and oxygen atoms in total. The zero-order valence-corrected chi connectivity index (χ0v) is 8.28. The molecule has 0 aromatic carbocycles. The van der Waals surface area contributed by atoms with Crippen molar-refractivity contribution >= 4 is 9.84 Å². The highest BCUT2D eigenvalue weighted by atomic mass is 32.2. The zero-order valence-electron chi connectivity index (χ0n) is 7.47. The third-order valence-electron chi connectivity index (χ3n) is 1.56. The van der Waals surface area contributed by atoms with Crippen LogP contribution >= 0.6 is 0 Å². The maximum Gasteiger partial charge on any atom is 0.345 e. The summed E-state index contributed by atoms with van der Waals surface area (Å²) in [6.07, 6.45) is 2.48. The fourth-order valence-corrected chi connectivity index (χ4v) is 1.33. The van der Waals surface area contributed by atoms with E-state index in [2.05, 4.69) is 5.10 Å². The highest BCUT2D eigenvalue weighted by molar-refractivity contribution is 7.90. The number of hydrogen-bond donors (Lipinski definition) is 0. The SMILES string of the molecule is Cn1cnn(CCS(C)(=O)=O)c1=O. The van der Waals surface area contributed by atoms with Gasteiger partial charge in [0.1, 0.15) is 16.2 Å². The molecule has 13 heavy (non-hydrogen) atoms. The molecule has 1 aromatic rings. The lowest BCUT2D eigenvalue weighted by atomic mass is 10.8. The van der Waals surface area contributed by atoms with E-state index in [4.69, 9.17) is 0 Å². The second kappa shape index (κ2) is 3.33. The predicted molar refractivity (Wildman–Crippen MR) is 47.2 cm³/mol. The molecule has 74 valence electrons. The van der Waals surface area contributed by atoms with E-state index >= 15 is 0 Å². The molecule has 0 spiro atoms. The molecule has 0 radical (unpaired) electrons. The van der Waals surface area contributed by atoms with Gasteiger partial charge in [0.2, 0.25) is 0 Å². The highest BCUT2D eigenvalue weighted by Gasteiger charge is 2.06. The van der Waals surface area contributed by atoms with Crippen LogP contribution in [0.2, 0.25) is 0 Å². The molecule has 0 unspecified atom stereocenters. The third kappa shape index (κ3) is 2.69. The summed E-state index contributed by atoms with van der Waals surface area (Å²) in [4.78, 5) is 11.2. The lowest BCUT2D eigenvalue weighted by molar-refractivity contribution is 0.578. The monoisotopic (exact) mass is 205 g/mol. The molecule has 1 heterocycles. The number of nitrogens with zero attached hydrogens (tertiary/aromatic N) is 3. The van der Waals surface area contributed by atoms with Crippen LogP contribution in [0, 0.1) is 0 Å². The second-order valence-corrected chi connectivity index (χ2v) is 5.14. The number of aromatic nitrogens is 3. The van der Waals surface area contributed by atoms with Crippen LogP contribution in [-0.4, -0.2) is 34.8 Å². The number of aryl methyl sites for hydroxylation is 2. The van der Waals surface area contributed by atoms with Gasteiger partial charge in [-0.05, 0) is 0 Å². The van der Waals surface area contributed by atoms with Crippen LogP contribution < -0.4 is 5.69 Å². The number of rotatable bonds is 3. The smallest absolute Gasteiger partial charge is 0.285 e. The fourth-order valence-electron chi connectivity index (χ4n) is 0.826.